The molecule has 0 spiro atoms. The van der Waals surface area contributed by atoms with Crippen molar-refractivity contribution in [2.24, 2.45) is 0 Å². The Hall–Kier alpha value is -1.98. The van der Waals surface area contributed by atoms with Gasteiger partial charge in [-0.3, -0.25) is 4.98 Å². The fourth-order valence-electron chi connectivity index (χ4n) is 2.14. The first-order chi connectivity index (χ1) is 11.2. The minimum Gasteiger partial charge on any atom is -0.493 e. The molecule has 5 nitrogen and oxygen atoms in total. The second-order valence-corrected chi connectivity index (χ2v) is 5.41. The van der Waals surface area contributed by atoms with E-state index in [0.29, 0.717) is 29.7 Å². The van der Waals surface area contributed by atoms with E-state index in [1.807, 2.05) is 19.1 Å². The molecule has 6 heteroatoms. The highest BCUT2D eigenvalue weighted by Gasteiger charge is 2.12. The van der Waals surface area contributed by atoms with Gasteiger partial charge >= 0.3 is 0 Å². The summed E-state index contributed by atoms with van der Waals surface area (Å²) in [6.45, 7) is 3.11. The molecular formula is C17H21ClN2O3. The van der Waals surface area contributed by atoms with Crippen LogP contribution in [0, 0.1) is 0 Å². The van der Waals surface area contributed by atoms with Crippen molar-refractivity contribution in [3.05, 3.63) is 46.7 Å². The number of aliphatic hydroxyl groups is 1. The summed E-state index contributed by atoms with van der Waals surface area (Å²) < 4.78 is 11.0. The molecule has 0 saturated heterocycles. The number of nitrogens with one attached hydrogen (secondary N) is 1. The Kier molecular flexibility index (Phi) is 6.50. The van der Waals surface area contributed by atoms with E-state index in [9.17, 15) is 5.11 Å². The van der Waals surface area contributed by atoms with Crippen LogP contribution in [0.2, 0.25) is 5.02 Å². The van der Waals surface area contributed by atoms with Crippen LogP contribution in [0.25, 0.3) is 0 Å². The van der Waals surface area contributed by atoms with Crippen LogP contribution in [0.1, 0.15) is 24.5 Å². The highest BCUT2D eigenvalue weighted by molar-refractivity contribution is 6.32. The first-order valence-corrected chi connectivity index (χ1v) is 7.84. The van der Waals surface area contributed by atoms with Crippen LogP contribution in [0.3, 0.4) is 0 Å². The fourth-order valence-corrected chi connectivity index (χ4v) is 2.42. The van der Waals surface area contributed by atoms with E-state index >= 15 is 0 Å². The molecule has 0 aliphatic carbocycles. The molecule has 2 aromatic rings. The fraction of sp³-hybridized carbons (Fsp3) is 0.353. The van der Waals surface area contributed by atoms with Gasteiger partial charge in [-0.2, -0.15) is 0 Å². The molecule has 0 saturated carbocycles. The molecule has 124 valence electrons. The third-order valence-corrected chi connectivity index (χ3v) is 3.59. The summed E-state index contributed by atoms with van der Waals surface area (Å²) >= 11 is 6.30. The third-order valence-electron chi connectivity index (χ3n) is 3.30. The minimum atomic E-state index is -0.0429. The molecule has 0 unspecified atom stereocenters. The van der Waals surface area contributed by atoms with Crippen LogP contribution in [0.5, 0.6) is 11.5 Å². The zero-order chi connectivity index (χ0) is 16.7. The monoisotopic (exact) mass is 336 g/mol. The molecule has 0 radical (unpaired) electrons. The van der Waals surface area contributed by atoms with Crippen molar-refractivity contribution in [2.75, 3.05) is 19.0 Å². The van der Waals surface area contributed by atoms with Crippen molar-refractivity contribution < 1.29 is 14.6 Å². The van der Waals surface area contributed by atoms with E-state index in [1.54, 1.807) is 25.6 Å². The number of ether oxygens (including phenoxy) is 2. The lowest BCUT2D eigenvalue weighted by Crippen LogP contribution is -2.05. The molecule has 2 rings (SSSR count). The largest absolute Gasteiger partial charge is 0.493 e. The Balaban J connectivity index is 2.15. The van der Waals surface area contributed by atoms with E-state index in [1.165, 1.54) is 0 Å². The van der Waals surface area contributed by atoms with Gasteiger partial charge < -0.3 is 19.9 Å². The van der Waals surface area contributed by atoms with E-state index in [4.69, 9.17) is 21.1 Å². The van der Waals surface area contributed by atoms with Gasteiger partial charge in [0, 0.05) is 18.3 Å². The van der Waals surface area contributed by atoms with Crippen molar-refractivity contribution in [1.29, 1.82) is 0 Å². The molecule has 0 bridgehead atoms. The Morgan fingerprint density at radius 1 is 1.35 bits per heavy atom. The Labute approximate surface area is 141 Å². The van der Waals surface area contributed by atoms with E-state index in [2.05, 4.69) is 10.3 Å². The number of nitrogens with zero attached hydrogens (tertiary/aromatic N) is 1. The first-order valence-electron chi connectivity index (χ1n) is 7.46. The Bertz CT molecular complexity index is 650. The van der Waals surface area contributed by atoms with Gasteiger partial charge in [-0.25, -0.2) is 0 Å². The van der Waals surface area contributed by atoms with Gasteiger partial charge in [0.1, 0.15) is 0 Å². The Morgan fingerprint density at radius 2 is 2.17 bits per heavy atom. The van der Waals surface area contributed by atoms with Crippen molar-refractivity contribution in [3.8, 4) is 11.5 Å². The van der Waals surface area contributed by atoms with Crippen LogP contribution < -0.4 is 14.8 Å². The number of hydrogen-bond donors (Lipinski definition) is 2. The maximum absolute atomic E-state index is 9.34. The number of rotatable bonds is 8. The van der Waals surface area contributed by atoms with Crippen molar-refractivity contribution in [3.63, 3.8) is 0 Å². The SMILES string of the molecule is CCCOc1c(Cl)cc(CNc2cnccc2CO)cc1OC. The highest BCUT2D eigenvalue weighted by Crippen LogP contribution is 2.36. The van der Waals surface area contributed by atoms with Gasteiger partial charge in [-0.15, -0.1) is 0 Å². The molecule has 23 heavy (non-hydrogen) atoms. The summed E-state index contributed by atoms with van der Waals surface area (Å²) in [4.78, 5) is 4.06. The van der Waals surface area contributed by atoms with Crippen LogP contribution in [0.4, 0.5) is 5.69 Å². The number of aliphatic hydroxyl groups excluding tert-OH is 1. The second kappa shape index (κ2) is 8.60. The average Bonchev–Trinajstić information content (AvgIpc) is 2.58. The van der Waals surface area contributed by atoms with Crippen LogP contribution in [0.15, 0.2) is 30.6 Å². The molecule has 1 aromatic carbocycles. The number of pyridine rings is 1. The van der Waals surface area contributed by atoms with Crippen molar-refractivity contribution >= 4 is 17.3 Å². The summed E-state index contributed by atoms with van der Waals surface area (Å²) in [5.41, 5.74) is 2.53. The van der Waals surface area contributed by atoms with E-state index in [0.717, 1.165) is 23.2 Å². The summed E-state index contributed by atoms with van der Waals surface area (Å²) in [5, 5.41) is 13.1. The predicted molar refractivity (Wildman–Crippen MR) is 91.3 cm³/mol. The number of hydrogen-bond acceptors (Lipinski definition) is 5. The smallest absolute Gasteiger partial charge is 0.179 e. The van der Waals surface area contributed by atoms with E-state index in [-0.39, 0.29) is 6.61 Å². The lowest BCUT2D eigenvalue weighted by molar-refractivity contribution is 0.282. The summed E-state index contributed by atoms with van der Waals surface area (Å²) in [5.74, 6) is 1.17. The number of aromatic nitrogens is 1. The normalized spacial score (nSPS) is 10.4. The number of benzene rings is 1. The van der Waals surface area contributed by atoms with Crippen molar-refractivity contribution in [1.82, 2.24) is 4.98 Å². The van der Waals surface area contributed by atoms with Gasteiger partial charge in [-0.05, 0) is 30.2 Å². The van der Waals surface area contributed by atoms with E-state index < -0.39 is 0 Å². The molecule has 0 aliphatic heterocycles. The Morgan fingerprint density at radius 3 is 2.87 bits per heavy atom. The summed E-state index contributed by atoms with van der Waals surface area (Å²) in [6, 6.07) is 5.51. The topological polar surface area (TPSA) is 63.6 Å². The van der Waals surface area contributed by atoms with Gasteiger partial charge in [0.15, 0.2) is 11.5 Å². The van der Waals surface area contributed by atoms with Crippen LogP contribution in [-0.2, 0) is 13.2 Å². The predicted octanol–water partition coefficient (Wildman–Crippen LogP) is 3.64. The number of halogens is 1. The zero-order valence-electron chi connectivity index (χ0n) is 13.3. The minimum absolute atomic E-state index is 0.0429. The van der Waals surface area contributed by atoms with Crippen LogP contribution >= 0.6 is 11.6 Å². The van der Waals surface area contributed by atoms with Gasteiger partial charge in [0.05, 0.1) is 37.2 Å². The lowest BCUT2D eigenvalue weighted by Gasteiger charge is -2.15. The lowest BCUT2D eigenvalue weighted by atomic mass is 10.1. The van der Waals surface area contributed by atoms with Gasteiger partial charge in [0.2, 0.25) is 0 Å². The molecule has 1 heterocycles. The van der Waals surface area contributed by atoms with Crippen molar-refractivity contribution in [2.45, 2.75) is 26.5 Å². The van der Waals surface area contributed by atoms with Crippen LogP contribution in [-0.4, -0.2) is 23.8 Å². The molecule has 1 aromatic heterocycles. The number of anilines is 1. The third kappa shape index (κ3) is 4.50. The molecule has 0 fully saturated rings. The molecule has 0 amide bonds. The maximum atomic E-state index is 9.34. The summed E-state index contributed by atoms with van der Waals surface area (Å²) in [6.07, 6.45) is 4.23. The molecular weight excluding hydrogens is 316 g/mol. The first kappa shape index (κ1) is 17.4. The summed E-state index contributed by atoms with van der Waals surface area (Å²) in [7, 11) is 1.59. The molecule has 0 atom stereocenters. The average molecular weight is 337 g/mol. The van der Waals surface area contributed by atoms with Gasteiger partial charge in [-0.1, -0.05) is 18.5 Å². The maximum Gasteiger partial charge on any atom is 0.179 e. The highest BCUT2D eigenvalue weighted by atomic mass is 35.5. The molecule has 0 aliphatic rings. The quantitative estimate of drug-likeness (QED) is 0.770. The number of methoxy groups -OCH3 is 1. The standard InChI is InChI=1S/C17H21ClN2O3/c1-3-6-23-17-14(18)7-12(8-16(17)22-2)9-20-15-10-19-5-4-13(15)11-21/h4-5,7-8,10,20-21H,3,6,9,11H2,1-2H3. The van der Waals surface area contributed by atoms with Gasteiger partial charge in [0.25, 0.3) is 0 Å². The zero-order valence-corrected chi connectivity index (χ0v) is 14.1. The second-order valence-electron chi connectivity index (χ2n) is 5.00. The molecule has 2 N–H and O–H groups in total.